The molecule has 0 aromatic heterocycles. The van der Waals surface area contributed by atoms with Crippen molar-refractivity contribution in [1.82, 2.24) is 0 Å². The molecule has 0 fully saturated rings. The second-order valence-corrected chi connectivity index (χ2v) is 4.31. The maximum absolute atomic E-state index is 12.0. The first-order valence-electron chi connectivity index (χ1n) is 4.02. The molecule has 16 heavy (non-hydrogen) atoms. The van der Waals surface area contributed by atoms with Gasteiger partial charge in [-0.25, -0.2) is 0 Å². The summed E-state index contributed by atoms with van der Waals surface area (Å²) in [5.41, 5.74) is 5.74. The molecule has 0 aliphatic carbocycles. The van der Waals surface area contributed by atoms with Crippen LogP contribution >= 0.6 is 23.4 Å². The minimum Gasteiger partial charge on any atom is -0.398 e. The van der Waals surface area contributed by atoms with Crippen LogP contribution in [0.3, 0.4) is 0 Å². The van der Waals surface area contributed by atoms with Gasteiger partial charge in [0.05, 0.1) is 22.0 Å². The zero-order chi connectivity index (χ0) is 12.3. The average Bonchev–Trinajstić information content (AvgIpc) is 2.17. The van der Waals surface area contributed by atoms with Gasteiger partial charge in [-0.05, 0) is 12.1 Å². The zero-order valence-corrected chi connectivity index (χ0v) is 9.38. The van der Waals surface area contributed by atoms with E-state index in [1.54, 1.807) is 6.07 Å². The zero-order valence-electron chi connectivity index (χ0n) is 7.81. The molecule has 1 aromatic rings. The first kappa shape index (κ1) is 13.0. The molecule has 0 atom stereocenters. The number of anilines is 1. The second kappa shape index (κ2) is 4.85. The highest BCUT2D eigenvalue weighted by molar-refractivity contribution is 7.99. The molecular formula is C9H6ClF3N2S. The fourth-order valence-electron chi connectivity index (χ4n) is 0.936. The van der Waals surface area contributed by atoms with Gasteiger partial charge in [0.2, 0.25) is 0 Å². The third-order valence-corrected chi connectivity index (χ3v) is 3.16. The highest BCUT2D eigenvalue weighted by atomic mass is 35.5. The van der Waals surface area contributed by atoms with Crippen LogP contribution in [0.4, 0.5) is 18.9 Å². The van der Waals surface area contributed by atoms with Gasteiger partial charge in [-0.15, -0.1) is 11.8 Å². The van der Waals surface area contributed by atoms with Gasteiger partial charge >= 0.3 is 6.18 Å². The molecule has 86 valence electrons. The van der Waals surface area contributed by atoms with Crippen molar-refractivity contribution in [3.8, 4) is 6.07 Å². The van der Waals surface area contributed by atoms with Gasteiger partial charge in [0.1, 0.15) is 6.07 Å². The molecule has 0 heterocycles. The number of alkyl halides is 3. The van der Waals surface area contributed by atoms with E-state index in [0.717, 1.165) is 0 Å². The van der Waals surface area contributed by atoms with Gasteiger partial charge in [0, 0.05) is 4.90 Å². The molecular weight excluding hydrogens is 261 g/mol. The molecule has 1 aromatic carbocycles. The minimum absolute atomic E-state index is 0.0972. The van der Waals surface area contributed by atoms with Gasteiger partial charge in [0.25, 0.3) is 0 Å². The largest absolute Gasteiger partial charge is 0.398 e. The summed E-state index contributed by atoms with van der Waals surface area (Å²) in [6.07, 6.45) is -4.27. The Kier molecular flexibility index (Phi) is 3.94. The third kappa shape index (κ3) is 3.51. The molecule has 0 saturated carbocycles. The predicted octanol–water partition coefficient (Wildman–Crippen LogP) is 3.45. The number of thioether (sulfide) groups is 1. The van der Waals surface area contributed by atoms with Crippen molar-refractivity contribution in [2.75, 3.05) is 11.5 Å². The summed E-state index contributed by atoms with van der Waals surface area (Å²) in [5, 5.41) is 8.71. The normalized spacial score (nSPS) is 11.2. The van der Waals surface area contributed by atoms with Crippen molar-refractivity contribution >= 4 is 29.1 Å². The minimum atomic E-state index is -4.27. The Morgan fingerprint density at radius 2 is 2.06 bits per heavy atom. The van der Waals surface area contributed by atoms with Crippen LogP contribution in [0.15, 0.2) is 17.0 Å². The SMILES string of the molecule is N#Cc1cc(Cl)c(SCC(F)(F)F)cc1N. The van der Waals surface area contributed by atoms with Crippen molar-refractivity contribution in [3.05, 3.63) is 22.7 Å². The van der Waals surface area contributed by atoms with Gasteiger partial charge in [-0.1, -0.05) is 11.6 Å². The van der Waals surface area contributed by atoms with Gasteiger partial charge in [0.15, 0.2) is 0 Å². The molecule has 0 aliphatic rings. The molecule has 7 heteroatoms. The van der Waals surface area contributed by atoms with Crippen LogP contribution in [-0.2, 0) is 0 Å². The lowest BCUT2D eigenvalue weighted by atomic mass is 10.2. The topological polar surface area (TPSA) is 49.8 Å². The Labute approximate surface area is 99.2 Å². The van der Waals surface area contributed by atoms with Crippen molar-refractivity contribution in [3.63, 3.8) is 0 Å². The highest BCUT2D eigenvalue weighted by Crippen LogP contribution is 2.34. The van der Waals surface area contributed by atoms with Gasteiger partial charge in [-0.3, -0.25) is 0 Å². The van der Waals surface area contributed by atoms with E-state index in [1.807, 2.05) is 0 Å². The first-order chi connectivity index (χ1) is 7.33. The van der Waals surface area contributed by atoms with E-state index in [9.17, 15) is 13.2 Å². The van der Waals surface area contributed by atoms with E-state index in [0.29, 0.717) is 11.8 Å². The highest BCUT2D eigenvalue weighted by Gasteiger charge is 2.27. The molecule has 2 N–H and O–H groups in total. The summed E-state index contributed by atoms with van der Waals surface area (Å²) in [7, 11) is 0. The van der Waals surface area contributed by atoms with E-state index in [2.05, 4.69) is 0 Å². The number of benzene rings is 1. The number of nitriles is 1. The molecule has 0 radical (unpaired) electrons. The average molecular weight is 267 g/mol. The fraction of sp³-hybridized carbons (Fsp3) is 0.222. The molecule has 0 amide bonds. The Balaban J connectivity index is 2.91. The fourth-order valence-corrected chi connectivity index (χ4v) is 1.99. The molecule has 1 rings (SSSR count). The summed E-state index contributed by atoms with van der Waals surface area (Å²) in [6, 6.07) is 4.33. The Morgan fingerprint density at radius 1 is 1.44 bits per heavy atom. The van der Waals surface area contributed by atoms with Crippen LogP contribution in [0.25, 0.3) is 0 Å². The van der Waals surface area contributed by atoms with Crippen LogP contribution in [0, 0.1) is 11.3 Å². The van der Waals surface area contributed by atoms with E-state index >= 15 is 0 Å². The van der Waals surface area contributed by atoms with E-state index < -0.39 is 11.9 Å². The van der Waals surface area contributed by atoms with E-state index in [4.69, 9.17) is 22.6 Å². The lowest BCUT2D eigenvalue weighted by Crippen LogP contribution is -2.10. The standard InChI is InChI=1S/C9H6ClF3N2S/c10-6-1-5(3-14)7(15)2-8(6)16-4-9(11,12)13/h1-2H,4,15H2. The van der Waals surface area contributed by atoms with Crippen LogP contribution in [0.1, 0.15) is 5.56 Å². The van der Waals surface area contributed by atoms with Crippen LogP contribution in [0.5, 0.6) is 0 Å². The summed E-state index contributed by atoms with van der Waals surface area (Å²) >= 11 is 6.26. The van der Waals surface area contributed by atoms with Crippen LogP contribution in [0.2, 0.25) is 5.02 Å². The third-order valence-electron chi connectivity index (χ3n) is 1.62. The lowest BCUT2D eigenvalue weighted by Gasteiger charge is -2.08. The number of nitrogen functional groups attached to an aromatic ring is 1. The van der Waals surface area contributed by atoms with Crippen molar-refractivity contribution < 1.29 is 13.2 Å². The molecule has 0 saturated heterocycles. The summed E-state index contributed by atoms with van der Waals surface area (Å²) in [6.45, 7) is 0. The Morgan fingerprint density at radius 3 is 2.56 bits per heavy atom. The van der Waals surface area contributed by atoms with Gasteiger partial charge < -0.3 is 5.73 Å². The predicted molar refractivity (Wildman–Crippen MR) is 57.4 cm³/mol. The number of rotatable bonds is 2. The molecule has 0 spiro atoms. The molecule has 0 bridgehead atoms. The maximum atomic E-state index is 12.0. The van der Waals surface area contributed by atoms with Crippen molar-refractivity contribution in [2.45, 2.75) is 11.1 Å². The lowest BCUT2D eigenvalue weighted by molar-refractivity contribution is -0.105. The van der Waals surface area contributed by atoms with E-state index in [1.165, 1.54) is 12.1 Å². The first-order valence-corrected chi connectivity index (χ1v) is 5.38. The molecule has 0 unspecified atom stereocenters. The smallest absolute Gasteiger partial charge is 0.398 e. The monoisotopic (exact) mass is 266 g/mol. The summed E-state index contributed by atoms with van der Waals surface area (Å²) in [5.74, 6) is -1.04. The van der Waals surface area contributed by atoms with Crippen molar-refractivity contribution in [2.24, 2.45) is 0 Å². The Hall–Kier alpha value is -1.06. The number of hydrogen-bond donors (Lipinski definition) is 1. The van der Waals surface area contributed by atoms with Gasteiger partial charge in [-0.2, -0.15) is 18.4 Å². The van der Waals surface area contributed by atoms with E-state index in [-0.39, 0.29) is 21.2 Å². The van der Waals surface area contributed by atoms with Crippen LogP contribution < -0.4 is 5.73 Å². The maximum Gasteiger partial charge on any atom is 0.398 e. The number of hydrogen-bond acceptors (Lipinski definition) is 3. The molecule has 2 nitrogen and oxygen atoms in total. The number of nitrogens with two attached hydrogens (primary N) is 1. The summed E-state index contributed by atoms with van der Waals surface area (Å²) < 4.78 is 35.9. The summed E-state index contributed by atoms with van der Waals surface area (Å²) in [4.78, 5) is 0.218. The van der Waals surface area contributed by atoms with Crippen molar-refractivity contribution in [1.29, 1.82) is 5.26 Å². The molecule has 0 aliphatic heterocycles. The second-order valence-electron chi connectivity index (χ2n) is 2.89. The van der Waals surface area contributed by atoms with Crippen LogP contribution in [-0.4, -0.2) is 11.9 Å². The number of nitrogens with zero attached hydrogens (tertiary/aromatic N) is 1. The quantitative estimate of drug-likeness (QED) is 0.659. The Bertz CT molecular complexity index is 440. The number of halogens is 4.